The first kappa shape index (κ1) is 9.66. The van der Waals surface area contributed by atoms with Crippen LogP contribution in [0.5, 0.6) is 0 Å². The van der Waals surface area contributed by atoms with Crippen molar-refractivity contribution in [2.75, 3.05) is 0 Å². The minimum absolute atomic E-state index is 0.228. The molecule has 1 aromatic rings. The molecule has 74 valence electrons. The molecule has 1 aromatic carbocycles. The van der Waals surface area contributed by atoms with Crippen LogP contribution in [0.2, 0.25) is 0 Å². The Hall–Kier alpha value is -1.89. The van der Waals surface area contributed by atoms with Gasteiger partial charge in [0.25, 0.3) is 0 Å². The molecule has 15 heavy (non-hydrogen) atoms. The predicted molar refractivity (Wildman–Crippen MR) is 62.6 cm³/mol. The number of allylic oxidation sites excluding steroid dienone is 5. The van der Waals surface area contributed by atoms with Crippen LogP contribution in [-0.4, -0.2) is 6.29 Å². The molecule has 1 atom stereocenters. The molecule has 0 saturated carbocycles. The highest BCUT2D eigenvalue weighted by Gasteiger charge is 2.15. The Balaban J connectivity index is 2.46. The van der Waals surface area contributed by atoms with Crippen molar-refractivity contribution in [2.24, 2.45) is 5.92 Å². The molecule has 0 bridgehead atoms. The van der Waals surface area contributed by atoms with E-state index in [1.54, 1.807) is 0 Å². The summed E-state index contributed by atoms with van der Waals surface area (Å²) >= 11 is 0. The topological polar surface area (TPSA) is 17.1 Å². The smallest absolute Gasteiger partial charge is 0.150 e. The van der Waals surface area contributed by atoms with Crippen LogP contribution in [0.25, 0.3) is 5.57 Å². The number of carbonyl (C=O) groups excluding carboxylic acids is 1. The first-order valence-electron chi connectivity index (χ1n) is 4.92. The van der Waals surface area contributed by atoms with Crippen LogP contribution < -0.4 is 0 Å². The van der Waals surface area contributed by atoms with Crippen molar-refractivity contribution in [3.05, 3.63) is 66.3 Å². The van der Waals surface area contributed by atoms with Gasteiger partial charge in [-0.3, -0.25) is 4.79 Å². The van der Waals surface area contributed by atoms with Crippen molar-refractivity contribution >= 4 is 11.9 Å². The average molecular weight is 196 g/mol. The second-order valence-electron chi connectivity index (χ2n) is 3.47. The summed E-state index contributed by atoms with van der Waals surface area (Å²) in [4.78, 5) is 10.9. The van der Waals surface area contributed by atoms with Crippen LogP contribution in [0.1, 0.15) is 15.9 Å². The molecule has 0 heterocycles. The van der Waals surface area contributed by atoms with Crippen molar-refractivity contribution in [2.45, 2.75) is 0 Å². The predicted octanol–water partition coefficient (Wildman–Crippen LogP) is 3.25. The van der Waals surface area contributed by atoms with E-state index in [-0.39, 0.29) is 5.92 Å². The SMILES string of the molecule is C=CC1C=CC=C1c1ccccc1C=O. The van der Waals surface area contributed by atoms with Gasteiger partial charge in [-0.25, -0.2) is 0 Å². The normalized spacial score (nSPS) is 18.7. The maximum atomic E-state index is 10.9. The monoisotopic (exact) mass is 196 g/mol. The molecule has 1 aliphatic rings. The summed E-state index contributed by atoms with van der Waals surface area (Å²) in [6.45, 7) is 3.79. The first-order valence-corrected chi connectivity index (χ1v) is 4.92. The molecular formula is C14H12O. The molecule has 0 aliphatic heterocycles. The van der Waals surface area contributed by atoms with Crippen LogP contribution in [0.3, 0.4) is 0 Å². The summed E-state index contributed by atoms with van der Waals surface area (Å²) < 4.78 is 0. The highest BCUT2D eigenvalue weighted by Crippen LogP contribution is 2.31. The third kappa shape index (κ3) is 1.68. The van der Waals surface area contributed by atoms with Crippen molar-refractivity contribution < 1.29 is 4.79 Å². The van der Waals surface area contributed by atoms with Crippen LogP contribution in [0, 0.1) is 5.92 Å². The highest BCUT2D eigenvalue weighted by atomic mass is 16.1. The third-order valence-corrected chi connectivity index (χ3v) is 2.61. The van der Waals surface area contributed by atoms with E-state index in [2.05, 4.69) is 12.7 Å². The van der Waals surface area contributed by atoms with Gasteiger partial charge in [0.1, 0.15) is 0 Å². The Labute approximate surface area is 89.4 Å². The lowest BCUT2D eigenvalue weighted by molar-refractivity contribution is 0.112. The minimum Gasteiger partial charge on any atom is -0.298 e. The van der Waals surface area contributed by atoms with Crippen molar-refractivity contribution in [3.8, 4) is 0 Å². The van der Waals surface area contributed by atoms with Gasteiger partial charge in [0.15, 0.2) is 6.29 Å². The molecule has 0 radical (unpaired) electrons. The summed E-state index contributed by atoms with van der Waals surface area (Å²) in [5, 5.41) is 0. The van der Waals surface area contributed by atoms with E-state index in [1.165, 1.54) is 0 Å². The summed E-state index contributed by atoms with van der Waals surface area (Å²) in [5.41, 5.74) is 2.88. The lowest BCUT2D eigenvalue weighted by atomic mass is 9.92. The Morgan fingerprint density at radius 3 is 2.80 bits per heavy atom. The quantitative estimate of drug-likeness (QED) is 0.535. The molecule has 1 nitrogen and oxygen atoms in total. The molecule has 1 unspecified atom stereocenters. The Morgan fingerprint density at radius 2 is 2.07 bits per heavy atom. The second-order valence-corrected chi connectivity index (χ2v) is 3.47. The van der Waals surface area contributed by atoms with Gasteiger partial charge in [-0.15, -0.1) is 6.58 Å². The van der Waals surface area contributed by atoms with Gasteiger partial charge in [-0.2, -0.15) is 0 Å². The van der Waals surface area contributed by atoms with E-state index in [4.69, 9.17) is 0 Å². The molecule has 0 saturated heterocycles. The van der Waals surface area contributed by atoms with Crippen LogP contribution in [-0.2, 0) is 0 Å². The fraction of sp³-hybridized carbons (Fsp3) is 0.0714. The van der Waals surface area contributed by atoms with Gasteiger partial charge in [0.2, 0.25) is 0 Å². The molecule has 0 N–H and O–H groups in total. The molecule has 0 fully saturated rings. The molecule has 1 heteroatoms. The van der Waals surface area contributed by atoms with Crippen molar-refractivity contribution in [3.63, 3.8) is 0 Å². The first-order chi connectivity index (χ1) is 7.36. The lowest BCUT2D eigenvalue weighted by Gasteiger charge is -2.11. The number of rotatable bonds is 3. The maximum absolute atomic E-state index is 10.9. The van der Waals surface area contributed by atoms with E-state index in [0.717, 1.165) is 23.0 Å². The summed E-state index contributed by atoms with van der Waals surface area (Å²) in [7, 11) is 0. The van der Waals surface area contributed by atoms with E-state index < -0.39 is 0 Å². The van der Waals surface area contributed by atoms with Crippen LogP contribution in [0.15, 0.2) is 55.1 Å². The van der Waals surface area contributed by atoms with Gasteiger partial charge < -0.3 is 0 Å². The van der Waals surface area contributed by atoms with Crippen LogP contribution >= 0.6 is 0 Å². The largest absolute Gasteiger partial charge is 0.298 e. The van der Waals surface area contributed by atoms with Gasteiger partial charge in [-0.05, 0) is 11.1 Å². The molecule has 0 aromatic heterocycles. The third-order valence-electron chi connectivity index (χ3n) is 2.61. The number of carbonyl (C=O) groups is 1. The molecular weight excluding hydrogens is 184 g/mol. The zero-order chi connectivity index (χ0) is 10.7. The average Bonchev–Trinajstić information content (AvgIpc) is 2.76. The van der Waals surface area contributed by atoms with Gasteiger partial charge >= 0.3 is 0 Å². The standard InChI is InChI=1S/C14H12O/c1-2-11-7-5-9-13(11)14-8-4-3-6-12(14)10-15/h2-11H,1H2. The summed E-state index contributed by atoms with van der Waals surface area (Å²) in [5.74, 6) is 0.228. The zero-order valence-corrected chi connectivity index (χ0v) is 8.39. The van der Waals surface area contributed by atoms with Crippen molar-refractivity contribution in [1.29, 1.82) is 0 Å². The van der Waals surface area contributed by atoms with Crippen LogP contribution in [0.4, 0.5) is 0 Å². The van der Waals surface area contributed by atoms with E-state index in [9.17, 15) is 4.79 Å². The second kappa shape index (κ2) is 4.09. The number of hydrogen-bond donors (Lipinski definition) is 0. The van der Waals surface area contributed by atoms with E-state index in [1.807, 2.05) is 42.5 Å². The Kier molecular flexibility index (Phi) is 2.64. The van der Waals surface area contributed by atoms with Gasteiger partial charge in [0.05, 0.1) is 0 Å². The van der Waals surface area contributed by atoms with Gasteiger partial charge in [-0.1, -0.05) is 48.6 Å². The minimum atomic E-state index is 0.228. The Bertz CT molecular complexity index is 452. The molecule has 0 amide bonds. The van der Waals surface area contributed by atoms with E-state index in [0.29, 0.717) is 0 Å². The maximum Gasteiger partial charge on any atom is 0.150 e. The number of benzene rings is 1. The number of aldehydes is 1. The highest BCUT2D eigenvalue weighted by molar-refractivity contribution is 5.88. The molecule has 2 rings (SSSR count). The Morgan fingerprint density at radius 1 is 1.27 bits per heavy atom. The molecule has 1 aliphatic carbocycles. The zero-order valence-electron chi connectivity index (χ0n) is 8.39. The lowest BCUT2D eigenvalue weighted by Crippen LogP contribution is -1.97. The fourth-order valence-electron chi connectivity index (χ4n) is 1.83. The fourth-order valence-corrected chi connectivity index (χ4v) is 1.83. The van der Waals surface area contributed by atoms with E-state index >= 15 is 0 Å². The number of hydrogen-bond acceptors (Lipinski definition) is 1. The summed E-state index contributed by atoms with van der Waals surface area (Å²) in [6.07, 6.45) is 8.90. The molecule has 0 spiro atoms. The van der Waals surface area contributed by atoms with Crippen molar-refractivity contribution in [1.82, 2.24) is 0 Å². The van der Waals surface area contributed by atoms with Gasteiger partial charge in [0, 0.05) is 11.5 Å². The summed E-state index contributed by atoms with van der Waals surface area (Å²) in [6, 6.07) is 7.63.